The SMILES string of the molecule is CCC(Oc1ccc2c(c1)CCCC2)C(=O)NCc1ccc(N2CCCCC2)cc1. The molecule has 0 radical (unpaired) electrons. The van der Waals surface area contributed by atoms with E-state index in [2.05, 4.69) is 46.6 Å². The number of ether oxygens (including phenoxy) is 1. The lowest BCUT2D eigenvalue weighted by atomic mass is 9.92. The summed E-state index contributed by atoms with van der Waals surface area (Å²) in [6, 6.07) is 14.9. The van der Waals surface area contributed by atoms with E-state index in [9.17, 15) is 4.79 Å². The first kappa shape index (κ1) is 20.8. The molecule has 1 N–H and O–H groups in total. The van der Waals surface area contributed by atoms with Gasteiger partial charge >= 0.3 is 0 Å². The number of aryl methyl sites for hydroxylation is 2. The van der Waals surface area contributed by atoms with Gasteiger partial charge < -0.3 is 15.0 Å². The second kappa shape index (κ2) is 10.0. The molecule has 4 rings (SSSR count). The number of rotatable bonds is 7. The van der Waals surface area contributed by atoms with Gasteiger partial charge in [-0.3, -0.25) is 4.79 Å². The van der Waals surface area contributed by atoms with Gasteiger partial charge in [0.05, 0.1) is 0 Å². The van der Waals surface area contributed by atoms with E-state index in [1.165, 1.54) is 48.9 Å². The Kier molecular flexibility index (Phi) is 6.93. The average Bonchev–Trinajstić information content (AvgIpc) is 2.82. The van der Waals surface area contributed by atoms with E-state index in [4.69, 9.17) is 4.74 Å². The second-order valence-electron chi connectivity index (χ2n) is 8.58. The van der Waals surface area contributed by atoms with Crippen molar-refractivity contribution in [2.75, 3.05) is 18.0 Å². The number of carbonyl (C=O) groups excluding carboxylic acids is 1. The molecule has 0 saturated carbocycles. The van der Waals surface area contributed by atoms with Crippen molar-refractivity contribution in [2.24, 2.45) is 0 Å². The summed E-state index contributed by atoms with van der Waals surface area (Å²) in [5, 5.41) is 3.05. The van der Waals surface area contributed by atoms with Crippen LogP contribution in [0, 0.1) is 0 Å². The molecule has 0 aromatic heterocycles. The first-order valence-corrected chi connectivity index (χ1v) is 11.6. The third-order valence-electron chi connectivity index (χ3n) is 6.39. The molecule has 4 nitrogen and oxygen atoms in total. The quantitative estimate of drug-likeness (QED) is 0.701. The van der Waals surface area contributed by atoms with Gasteiger partial charge in [0.15, 0.2) is 6.10 Å². The monoisotopic (exact) mass is 406 g/mol. The second-order valence-corrected chi connectivity index (χ2v) is 8.58. The summed E-state index contributed by atoms with van der Waals surface area (Å²) in [5.74, 6) is 0.763. The van der Waals surface area contributed by atoms with Gasteiger partial charge in [0, 0.05) is 25.3 Å². The van der Waals surface area contributed by atoms with E-state index in [-0.39, 0.29) is 5.91 Å². The molecule has 1 fully saturated rings. The zero-order chi connectivity index (χ0) is 20.8. The van der Waals surface area contributed by atoms with Crippen molar-refractivity contribution in [1.82, 2.24) is 5.32 Å². The number of hydrogen-bond donors (Lipinski definition) is 1. The summed E-state index contributed by atoms with van der Waals surface area (Å²) in [5.41, 5.74) is 5.21. The predicted octanol–water partition coefficient (Wildman–Crippen LogP) is 5.03. The number of benzene rings is 2. The van der Waals surface area contributed by atoms with Crippen molar-refractivity contribution in [2.45, 2.75) is 70.9 Å². The first-order valence-electron chi connectivity index (χ1n) is 11.6. The molecule has 2 aliphatic rings. The highest BCUT2D eigenvalue weighted by atomic mass is 16.5. The van der Waals surface area contributed by atoms with Crippen LogP contribution in [0.15, 0.2) is 42.5 Å². The third-order valence-corrected chi connectivity index (χ3v) is 6.39. The van der Waals surface area contributed by atoms with Crippen LogP contribution in [0.5, 0.6) is 5.75 Å². The minimum absolute atomic E-state index is 0.0460. The molecule has 4 heteroatoms. The van der Waals surface area contributed by atoms with Crippen LogP contribution in [0.25, 0.3) is 0 Å². The Bertz CT molecular complexity index is 841. The molecule has 160 valence electrons. The minimum Gasteiger partial charge on any atom is -0.481 e. The van der Waals surface area contributed by atoms with E-state index >= 15 is 0 Å². The number of anilines is 1. The minimum atomic E-state index is -0.459. The molecule has 0 bridgehead atoms. The Labute approximate surface area is 180 Å². The van der Waals surface area contributed by atoms with Gasteiger partial charge in [-0.2, -0.15) is 0 Å². The van der Waals surface area contributed by atoms with Crippen molar-refractivity contribution in [1.29, 1.82) is 0 Å². The number of carbonyl (C=O) groups is 1. The third kappa shape index (κ3) is 5.16. The first-order chi connectivity index (χ1) is 14.7. The molecule has 1 unspecified atom stereocenters. The molecular weight excluding hydrogens is 372 g/mol. The molecule has 30 heavy (non-hydrogen) atoms. The lowest BCUT2D eigenvalue weighted by Crippen LogP contribution is -2.37. The van der Waals surface area contributed by atoms with Crippen LogP contribution in [0.4, 0.5) is 5.69 Å². The fourth-order valence-electron chi connectivity index (χ4n) is 4.55. The predicted molar refractivity (Wildman–Crippen MR) is 122 cm³/mol. The normalized spacial score (nSPS) is 17.2. The topological polar surface area (TPSA) is 41.6 Å². The van der Waals surface area contributed by atoms with Crippen LogP contribution >= 0.6 is 0 Å². The number of amides is 1. The van der Waals surface area contributed by atoms with Gasteiger partial charge in [0.1, 0.15) is 5.75 Å². The van der Waals surface area contributed by atoms with Crippen molar-refractivity contribution >= 4 is 11.6 Å². The zero-order valence-electron chi connectivity index (χ0n) is 18.2. The molecule has 1 aliphatic carbocycles. The summed E-state index contributed by atoms with van der Waals surface area (Å²) >= 11 is 0. The van der Waals surface area contributed by atoms with Crippen molar-refractivity contribution in [3.05, 3.63) is 59.2 Å². The molecule has 0 spiro atoms. The molecule has 2 aromatic rings. The molecule has 1 atom stereocenters. The Morgan fingerprint density at radius 3 is 2.43 bits per heavy atom. The standard InChI is InChI=1S/C26H34N2O2/c1-2-25(30-24-15-12-21-8-4-5-9-22(21)18-24)26(29)27-19-20-10-13-23(14-11-20)28-16-6-3-7-17-28/h10-15,18,25H,2-9,16-17,19H2,1H3,(H,27,29). The Hall–Kier alpha value is -2.49. The summed E-state index contributed by atoms with van der Waals surface area (Å²) in [6.07, 6.45) is 8.87. The number of piperidine rings is 1. The highest BCUT2D eigenvalue weighted by Gasteiger charge is 2.19. The van der Waals surface area contributed by atoms with Crippen LogP contribution < -0.4 is 15.0 Å². The van der Waals surface area contributed by atoms with E-state index in [0.717, 1.165) is 37.2 Å². The maximum atomic E-state index is 12.7. The summed E-state index contributed by atoms with van der Waals surface area (Å²) in [6.45, 7) is 4.82. The molecule has 1 aliphatic heterocycles. The molecule has 1 amide bonds. The van der Waals surface area contributed by atoms with Gasteiger partial charge in [0.2, 0.25) is 0 Å². The number of nitrogens with zero attached hydrogens (tertiary/aromatic N) is 1. The van der Waals surface area contributed by atoms with E-state index < -0.39 is 6.10 Å². The van der Waals surface area contributed by atoms with Crippen molar-refractivity contribution in [3.8, 4) is 5.75 Å². The molecule has 1 heterocycles. The highest BCUT2D eigenvalue weighted by molar-refractivity contribution is 5.81. The van der Waals surface area contributed by atoms with Gasteiger partial charge in [-0.05, 0) is 92.3 Å². The molecular formula is C26H34N2O2. The fourth-order valence-corrected chi connectivity index (χ4v) is 4.55. The molecule has 1 saturated heterocycles. The maximum Gasteiger partial charge on any atom is 0.261 e. The Balaban J connectivity index is 1.31. The van der Waals surface area contributed by atoms with Crippen molar-refractivity contribution < 1.29 is 9.53 Å². The smallest absolute Gasteiger partial charge is 0.261 e. The number of fused-ring (bicyclic) bond motifs is 1. The Morgan fingerprint density at radius 2 is 1.70 bits per heavy atom. The van der Waals surface area contributed by atoms with Crippen LogP contribution in [-0.4, -0.2) is 25.1 Å². The maximum absolute atomic E-state index is 12.7. The summed E-state index contributed by atoms with van der Waals surface area (Å²) in [4.78, 5) is 15.2. The van der Waals surface area contributed by atoms with Gasteiger partial charge in [0.25, 0.3) is 5.91 Å². The van der Waals surface area contributed by atoms with Crippen LogP contribution in [-0.2, 0) is 24.2 Å². The van der Waals surface area contributed by atoms with E-state index in [1.54, 1.807) is 0 Å². The van der Waals surface area contributed by atoms with Gasteiger partial charge in [-0.25, -0.2) is 0 Å². The fraction of sp³-hybridized carbons (Fsp3) is 0.500. The van der Waals surface area contributed by atoms with Crippen LogP contribution in [0.2, 0.25) is 0 Å². The lowest BCUT2D eigenvalue weighted by Gasteiger charge is -2.28. The molecule has 2 aromatic carbocycles. The van der Waals surface area contributed by atoms with E-state index in [1.807, 2.05) is 13.0 Å². The van der Waals surface area contributed by atoms with Crippen molar-refractivity contribution in [3.63, 3.8) is 0 Å². The van der Waals surface area contributed by atoms with Gasteiger partial charge in [-0.15, -0.1) is 0 Å². The van der Waals surface area contributed by atoms with E-state index in [0.29, 0.717) is 13.0 Å². The highest BCUT2D eigenvalue weighted by Crippen LogP contribution is 2.26. The number of nitrogens with one attached hydrogen (secondary N) is 1. The summed E-state index contributed by atoms with van der Waals surface area (Å²) in [7, 11) is 0. The largest absolute Gasteiger partial charge is 0.481 e. The number of hydrogen-bond acceptors (Lipinski definition) is 3. The van der Waals surface area contributed by atoms with Crippen LogP contribution in [0.1, 0.15) is 62.1 Å². The van der Waals surface area contributed by atoms with Crippen LogP contribution in [0.3, 0.4) is 0 Å². The zero-order valence-corrected chi connectivity index (χ0v) is 18.2. The Morgan fingerprint density at radius 1 is 0.967 bits per heavy atom. The lowest BCUT2D eigenvalue weighted by molar-refractivity contribution is -0.128. The van der Waals surface area contributed by atoms with Gasteiger partial charge in [-0.1, -0.05) is 25.1 Å². The average molecular weight is 407 g/mol. The summed E-state index contributed by atoms with van der Waals surface area (Å²) < 4.78 is 6.06.